The van der Waals surface area contributed by atoms with Crippen LogP contribution in [0, 0.1) is 0 Å². The van der Waals surface area contributed by atoms with Gasteiger partial charge in [0.2, 0.25) is 5.91 Å². The Hall–Kier alpha value is -2.33. The number of fused-ring (bicyclic) bond motifs is 1. The van der Waals surface area contributed by atoms with Crippen LogP contribution < -0.4 is 10.9 Å². The van der Waals surface area contributed by atoms with Gasteiger partial charge < -0.3 is 0 Å². The van der Waals surface area contributed by atoms with Crippen molar-refractivity contribution in [3.63, 3.8) is 0 Å². The molecule has 24 heavy (non-hydrogen) atoms. The van der Waals surface area contributed by atoms with Gasteiger partial charge in [-0.3, -0.25) is 20.4 Å². The molecule has 0 atom stereocenters. The summed E-state index contributed by atoms with van der Waals surface area (Å²) in [6, 6.07) is 12.8. The molecule has 2 aromatic carbocycles. The van der Waals surface area contributed by atoms with Gasteiger partial charge in [-0.15, -0.1) is 0 Å². The highest BCUT2D eigenvalue weighted by atomic mass is 35.5. The van der Waals surface area contributed by atoms with Crippen LogP contribution in [-0.4, -0.2) is 11.8 Å². The van der Waals surface area contributed by atoms with E-state index >= 15 is 0 Å². The first kappa shape index (κ1) is 16.5. The molecule has 0 fully saturated rings. The van der Waals surface area contributed by atoms with Crippen LogP contribution in [0.3, 0.4) is 0 Å². The molecule has 0 saturated heterocycles. The smallest absolute Gasteiger partial charge is 0.269 e. The van der Waals surface area contributed by atoms with Gasteiger partial charge in [0, 0.05) is 10.6 Å². The zero-order valence-electron chi connectivity index (χ0n) is 13.3. The van der Waals surface area contributed by atoms with Crippen molar-refractivity contribution < 1.29 is 9.59 Å². The van der Waals surface area contributed by atoms with Crippen molar-refractivity contribution in [3.8, 4) is 0 Å². The number of rotatable bonds is 3. The summed E-state index contributed by atoms with van der Waals surface area (Å²) >= 11 is 5.81. The Morgan fingerprint density at radius 1 is 0.917 bits per heavy atom. The molecule has 2 amide bonds. The molecule has 1 aliphatic rings. The molecule has 124 valence electrons. The van der Waals surface area contributed by atoms with Crippen molar-refractivity contribution in [2.24, 2.45) is 0 Å². The molecule has 0 saturated carbocycles. The first-order valence-electron chi connectivity index (χ1n) is 8.07. The van der Waals surface area contributed by atoms with E-state index in [0.29, 0.717) is 10.6 Å². The molecule has 0 radical (unpaired) electrons. The summed E-state index contributed by atoms with van der Waals surface area (Å²) in [5.41, 5.74) is 8.89. The number of halogens is 1. The third kappa shape index (κ3) is 4.15. The van der Waals surface area contributed by atoms with Gasteiger partial charge in [-0.1, -0.05) is 29.8 Å². The second-order valence-electron chi connectivity index (χ2n) is 6.00. The quantitative estimate of drug-likeness (QED) is 0.841. The number of amides is 2. The highest BCUT2D eigenvalue weighted by Crippen LogP contribution is 2.22. The minimum absolute atomic E-state index is 0.182. The van der Waals surface area contributed by atoms with Gasteiger partial charge in [-0.25, -0.2) is 0 Å². The maximum absolute atomic E-state index is 12.2. The minimum Gasteiger partial charge on any atom is -0.273 e. The van der Waals surface area contributed by atoms with Crippen LogP contribution in [0.2, 0.25) is 5.02 Å². The molecule has 2 aromatic rings. The second-order valence-corrected chi connectivity index (χ2v) is 6.43. The van der Waals surface area contributed by atoms with Gasteiger partial charge in [0.15, 0.2) is 0 Å². The van der Waals surface area contributed by atoms with Gasteiger partial charge >= 0.3 is 0 Å². The Balaban J connectivity index is 1.55. The fourth-order valence-electron chi connectivity index (χ4n) is 2.91. The normalized spacial score (nSPS) is 13.0. The summed E-state index contributed by atoms with van der Waals surface area (Å²) < 4.78 is 0. The lowest BCUT2D eigenvalue weighted by atomic mass is 9.90. The number of hydrogen-bond acceptors (Lipinski definition) is 2. The molecular weight excluding hydrogens is 324 g/mol. The highest BCUT2D eigenvalue weighted by Gasteiger charge is 2.13. The van der Waals surface area contributed by atoms with Gasteiger partial charge in [0.05, 0.1) is 6.42 Å². The van der Waals surface area contributed by atoms with Crippen molar-refractivity contribution in [1.82, 2.24) is 10.9 Å². The Labute approximate surface area is 146 Å². The molecular formula is C19H19ClN2O2. The van der Waals surface area contributed by atoms with Crippen LogP contribution in [0.4, 0.5) is 0 Å². The number of carbonyl (C=O) groups excluding carboxylic acids is 2. The fraction of sp³-hybridized carbons (Fsp3) is 0.263. The van der Waals surface area contributed by atoms with E-state index in [0.717, 1.165) is 24.8 Å². The Kier molecular flexibility index (Phi) is 5.16. The van der Waals surface area contributed by atoms with Crippen molar-refractivity contribution in [2.45, 2.75) is 32.1 Å². The van der Waals surface area contributed by atoms with Crippen LogP contribution in [0.1, 0.15) is 39.9 Å². The van der Waals surface area contributed by atoms with E-state index in [1.165, 1.54) is 17.5 Å². The molecule has 4 nitrogen and oxygen atoms in total. The summed E-state index contributed by atoms with van der Waals surface area (Å²) in [5.74, 6) is -0.573. The van der Waals surface area contributed by atoms with Crippen LogP contribution in [0.15, 0.2) is 42.5 Å². The second kappa shape index (κ2) is 7.49. The van der Waals surface area contributed by atoms with Crippen LogP contribution >= 0.6 is 11.6 Å². The lowest BCUT2D eigenvalue weighted by molar-refractivity contribution is -0.121. The average Bonchev–Trinajstić information content (AvgIpc) is 2.61. The molecule has 0 aliphatic heterocycles. The van der Waals surface area contributed by atoms with Crippen molar-refractivity contribution in [3.05, 3.63) is 69.7 Å². The third-order valence-electron chi connectivity index (χ3n) is 4.20. The third-order valence-corrected chi connectivity index (χ3v) is 4.46. The summed E-state index contributed by atoms with van der Waals surface area (Å²) in [6.45, 7) is 0. The molecule has 0 heterocycles. The summed E-state index contributed by atoms with van der Waals surface area (Å²) in [6.07, 6.45) is 4.64. The first-order valence-corrected chi connectivity index (χ1v) is 8.45. The highest BCUT2D eigenvalue weighted by molar-refractivity contribution is 6.30. The maximum atomic E-state index is 12.2. The van der Waals surface area contributed by atoms with Crippen molar-refractivity contribution in [1.29, 1.82) is 0 Å². The van der Waals surface area contributed by atoms with Crippen LogP contribution in [-0.2, 0) is 24.1 Å². The lowest BCUT2D eigenvalue weighted by Crippen LogP contribution is -2.42. The summed E-state index contributed by atoms with van der Waals surface area (Å²) in [4.78, 5) is 24.1. The topological polar surface area (TPSA) is 58.2 Å². The van der Waals surface area contributed by atoms with E-state index in [-0.39, 0.29) is 18.2 Å². The molecule has 1 aliphatic carbocycles. The molecule has 3 rings (SSSR count). The molecule has 0 spiro atoms. The molecule has 0 aromatic heterocycles. The number of nitrogens with one attached hydrogen (secondary N) is 2. The minimum atomic E-state index is -0.298. The summed E-state index contributed by atoms with van der Waals surface area (Å²) in [5, 5.41) is 0.625. The first-order chi connectivity index (χ1) is 11.6. The SMILES string of the molecule is O=C(Cc1ccc(Cl)cc1)NNC(=O)c1ccc2c(c1)CCCC2. The maximum Gasteiger partial charge on any atom is 0.269 e. The van der Waals surface area contributed by atoms with Gasteiger partial charge in [-0.05, 0) is 66.6 Å². The monoisotopic (exact) mass is 342 g/mol. The van der Waals surface area contributed by atoms with Crippen molar-refractivity contribution >= 4 is 23.4 Å². The molecule has 0 bridgehead atoms. The van der Waals surface area contributed by atoms with E-state index in [4.69, 9.17) is 11.6 Å². The van der Waals surface area contributed by atoms with E-state index < -0.39 is 0 Å². The zero-order valence-corrected chi connectivity index (χ0v) is 14.0. The largest absolute Gasteiger partial charge is 0.273 e. The van der Waals surface area contributed by atoms with E-state index in [2.05, 4.69) is 10.9 Å². The Morgan fingerprint density at radius 3 is 2.38 bits per heavy atom. The van der Waals surface area contributed by atoms with Crippen LogP contribution in [0.25, 0.3) is 0 Å². The van der Waals surface area contributed by atoms with Crippen LogP contribution in [0.5, 0.6) is 0 Å². The zero-order chi connectivity index (χ0) is 16.9. The Morgan fingerprint density at radius 2 is 1.62 bits per heavy atom. The number of benzene rings is 2. The number of hydrogen-bond donors (Lipinski definition) is 2. The van der Waals surface area contributed by atoms with E-state index in [1.807, 2.05) is 18.2 Å². The molecule has 2 N–H and O–H groups in total. The van der Waals surface area contributed by atoms with Crippen molar-refractivity contribution in [2.75, 3.05) is 0 Å². The van der Waals surface area contributed by atoms with E-state index in [1.54, 1.807) is 24.3 Å². The van der Waals surface area contributed by atoms with Gasteiger partial charge in [0.25, 0.3) is 5.91 Å². The predicted octanol–water partition coefficient (Wildman–Crippen LogP) is 3.22. The average molecular weight is 343 g/mol. The predicted molar refractivity (Wildman–Crippen MR) is 93.8 cm³/mol. The number of carbonyl (C=O) groups is 2. The molecule has 5 heteroatoms. The Bertz CT molecular complexity index is 756. The summed E-state index contributed by atoms with van der Waals surface area (Å²) in [7, 11) is 0. The number of aryl methyl sites for hydroxylation is 2. The lowest BCUT2D eigenvalue weighted by Gasteiger charge is -2.16. The fourth-order valence-corrected chi connectivity index (χ4v) is 3.03. The standard InChI is InChI=1S/C19H19ClN2O2/c20-17-9-5-13(6-10-17)11-18(23)21-22-19(24)16-8-7-14-3-1-2-4-15(14)12-16/h5-10,12H,1-4,11H2,(H,21,23)(H,22,24). The molecule has 0 unspecified atom stereocenters. The van der Waals surface area contributed by atoms with Gasteiger partial charge in [-0.2, -0.15) is 0 Å². The van der Waals surface area contributed by atoms with E-state index in [9.17, 15) is 9.59 Å². The van der Waals surface area contributed by atoms with Gasteiger partial charge in [0.1, 0.15) is 0 Å². The number of hydrazine groups is 1.